The quantitative estimate of drug-likeness (QED) is 0.833. The van der Waals surface area contributed by atoms with Crippen molar-refractivity contribution in [3.05, 3.63) is 54.0 Å². The Morgan fingerprint density at radius 2 is 2.12 bits per heavy atom. The molecule has 2 aromatic rings. The number of rotatable bonds is 4. The van der Waals surface area contributed by atoms with E-state index in [9.17, 15) is 0 Å². The maximum Gasteiger partial charge on any atom is 0.128 e. The van der Waals surface area contributed by atoms with Crippen LogP contribution in [0.15, 0.2) is 42.9 Å². The van der Waals surface area contributed by atoms with E-state index in [1.54, 1.807) is 12.4 Å². The number of hydrogen-bond donors (Lipinski definition) is 2. The maximum atomic E-state index is 5.88. The number of nitrogens with zero attached hydrogens (tertiary/aromatic N) is 2. The number of anilines is 1. The minimum absolute atomic E-state index is 0.160. The van der Waals surface area contributed by atoms with E-state index in [4.69, 9.17) is 5.73 Å². The highest BCUT2D eigenvalue weighted by Crippen LogP contribution is 2.21. The van der Waals surface area contributed by atoms with Gasteiger partial charge in [-0.3, -0.25) is 4.98 Å². The van der Waals surface area contributed by atoms with Gasteiger partial charge in [0.05, 0.1) is 0 Å². The molecular weight excluding hydrogens is 212 g/mol. The van der Waals surface area contributed by atoms with Gasteiger partial charge in [0.1, 0.15) is 5.82 Å². The largest absolute Gasteiger partial charge is 0.383 e. The molecule has 88 valence electrons. The van der Waals surface area contributed by atoms with E-state index in [0.29, 0.717) is 5.82 Å². The second kappa shape index (κ2) is 5.41. The van der Waals surface area contributed by atoms with Crippen molar-refractivity contribution in [3.63, 3.8) is 0 Å². The normalized spacial score (nSPS) is 12.3. The van der Waals surface area contributed by atoms with Crippen LogP contribution < -0.4 is 11.1 Å². The van der Waals surface area contributed by atoms with Crippen LogP contribution in [0.4, 0.5) is 5.82 Å². The first-order chi connectivity index (χ1) is 8.31. The zero-order valence-corrected chi connectivity index (χ0v) is 9.80. The summed E-state index contributed by atoms with van der Waals surface area (Å²) in [5.74, 6) is 0.579. The van der Waals surface area contributed by atoms with E-state index < -0.39 is 0 Å². The summed E-state index contributed by atoms with van der Waals surface area (Å²) >= 11 is 0. The second-order valence-corrected chi connectivity index (χ2v) is 3.88. The van der Waals surface area contributed by atoms with Crippen molar-refractivity contribution in [2.45, 2.75) is 12.5 Å². The summed E-state index contributed by atoms with van der Waals surface area (Å²) < 4.78 is 0. The van der Waals surface area contributed by atoms with E-state index in [1.807, 2.05) is 31.4 Å². The third-order valence-corrected chi connectivity index (χ3v) is 2.76. The summed E-state index contributed by atoms with van der Waals surface area (Å²) in [4.78, 5) is 8.23. The van der Waals surface area contributed by atoms with Crippen LogP contribution in [-0.4, -0.2) is 17.0 Å². The van der Waals surface area contributed by atoms with Gasteiger partial charge in [-0.1, -0.05) is 12.1 Å². The van der Waals surface area contributed by atoms with Crippen molar-refractivity contribution < 1.29 is 0 Å². The Morgan fingerprint density at radius 1 is 1.29 bits per heavy atom. The molecule has 17 heavy (non-hydrogen) atoms. The Bertz CT molecular complexity index is 470. The Labute approximate surface area is 101 Å². The summed E-state index contributed by atoms with van der Waals surface area (Å²) in [6.45, 7) is 0. The number of hydrogen-bond acceptors (Lipinski definition) is 4. The first-order valence-electron chi connectivity index (χ1n) is 5.58. The van der Waals surface area contributed by atoms with Crippen LogP contribution in [0.1, 0.15) is 17.2 Å². The van der Waals surface area contributed by atoms with Gasteiger partial charge in [0.2, 0.25) is 0 Å². The summed E-state index contributed by atoms with van der Waals surface area (Å²) in [6, 6.07) is 8.06. The summed E-state index contributed by atoms with van der Waals surface area (Å²) in [6.07, 6.45) is 6.20. The number of nitrogens with two attached hydrogens (primary N) is 1. The van der Waals surface area contributed by atoms with Crippen molar-refractivity contribution in [2.24, 2.45) is 0 Å². The standard InChI is InChI=1S/C13H16N4/c1-15-12(8-10-4-2-6-16-9-10)11-5-3-7-17-13(11)14/h2-7,9,12,15H,8H2,1H3,(H2,14,17). The van der Waals surface area contributed by atoms with Crippen LogP contribution in [0.2, 0.25) is 0 Å². The van der Waals surface area contributed by atoms with Gasteiger partial charge >= 0.3 is 0 Å². The lowest BCUT2D eigenvalue weighted by atomic mass is 10.0. The van der Waals surface area contributed by atoms with Gasteiger partial charge in [-0.15, -0.1) is 0 Å². The average Bonchev–Trinajstić information content (AvgIpc) is 2.38. The predicted octanol–water partition coefficient (Wildman–Crippen LogP) is 1.56. The predicted molar refractivity (Wildman–Crippen MR) is 68.4 cm³/mol. The van der Waals surface area contributed by atoms with E-state index in [-0.39, 0.29) is 6.04 Å². The lowest BCUT2D eigenvalue weighted by molar-refractivity contribution is 0.591. The van der Waals surface area contributed by atoms with Gasteiger partial charge in [-0.2, -0.15) is 0 Å². The minimum atomic E-state index is 0.160. The highest BCUT2D eigenvalue weighted by molar-refractivity contribution is 5.41. The fourth-order valence-corrected chi connectivity index (χ4v) is 1.85. The Kier molecular flexibility index (Phi) is 3.67. The summed E-state index contributed by atoms with van der Waals surface area (Å²) in [7, 11) is 1.92. The SMILES string of the molecule is CNC(Cc1cccnc1)c1cccnc1N. The van der Waals surface area contributed by atoms with E-state index in [1.165, 1.54) is 5.56 Å². The molecule has 2 aromatic heterocycles. The highest BCUT2D eigenvalue weighted by atomic mass is 14.9. The molecule has 0 aliphatic rings. The summed E-state index contributed by atoms with van der Waals surface area (Å²) in [5, 5.41) is 3.26. The molecule has 0 aromatic carbocycles. The van der Waals surface area contributed by atoms with Gasteiger partial charge in [0, 0.05) is 30.2 Å². The fourth-order valence-electron chi connectivity index (χ4n) is 1.85. The van der Waals surface area contributed by atoms with Crippen LogP contribution in [0.3, 0.4) is 0 Å². The zero-order valence-electron chi connectivity index (χ0n) is 9.80. The van der Waals surface area contributed by atoms with Crippen molar-refractivity contribution >= 4 is 5.82 Å². The first kappa shape index (κ1) is 11.5. The molecule has 2 rings (SSSR count). The molecule has 0 bridgehead atoms. The van der Waals surface area contributed by atoms with Crippen LogP contribution >= 0.6 is 0 Å². The van der Waals surface area contributed by atoms with Gasteiger partial charge < -0.3 is 11.1 Å². The topological polar surface area (TPSA) is 63.8 Å². The summed E-state index contributed by atoms with van der Waals surface area (Å²) in [5.41, 5.74) is 8.09. The molecule has 0 spiro atoms. The minimum Gasteiger partial charge on any atom is -0.383 e. The molecule has 4 nitrogen and oxygen atoms in total. The number of nitrogens with one attached hydrogen (secondary N) is 1. The van der Waals surface area contributed by atoms with Crippen LogP contribution in [0.5, 0.6) is 0 Å². The number of pyridine rings is 2. The molecule has 4 heteroatoms. The van der Waals surface area contributed by atoms with Crippen LogP contribution in [0, 0.1) is 0 Å². The highest BCUT2D eigenvalue weighted by Gasteiger charge is 2.13. The maximum absolute atomic E-state index is 5.88. The van der Waals surface area contributed by atoms with Crippen molar-refractivity contribution in [3.8, 4) is 0 Å². The van der Waals surface area contributed by atoms with Crippen molar-refractivity contribution in [1.29, 1.82) is 0 Å². The molecule has 0 aliphatic heterocycles. The molecule has 0 fully saturated rings. The Balaban J connectivity index is 2.21. The third-order valence-electron chi connectivity index (χ3n) is 2.76. The molecule has 0 aliphatic carbocycles. The van der Waals surface area contributed by atoms with Crippen molar-refractivity contribution in [1.82, 2.24) is 15.3 Å². The molecule has 1 unspecified atom stereocenters. The third kappa shape index (κ3) is 2.79. The van der Waals surface area contributed by atoms with E-state index in [2.05, 4.69) is 21.4 Å². The zero-order chi connectivity index (χ0) is 12.1. The molecule has 0 saturated carbocycles. The molecule has 0 saturated heterocycles. The lowest BCUT2D eigenvalue weighted by Crippen LogP contribution is -2.20. The Hall–Kier alpha value is -1.94. The molecular formula is C13H16N4. The average molecular weight is 228 g/mol. The number of aromatic nitrogens is 2. The molecule has 3 N–H and O–H groups in total. The van der Waals surface area contributed by atoms with E-state index >= 15 is 0 Å². The van der Waals surface area contributed by atoms with Gasteiger partial charge in [0.15, 0.2) is 0 Å². The second-order valence-electron chi connectivity index (χ2n) is 3.88. The van der Waals surface area contributed by atoms with Gasteiger partial charge in [0.25, 0.3) is 0 Å². The monoisotopic (exact) mass is 228 g/mol. The van der Waals surface area contributed by atoms with Gasteiger partial charge in [-0.05, 0) is 31.2 Å². The first-order valence-corrected chi connectivity index (χ1v) is 5.58. The molecule has 1 atom stereocenters. The van der Waals surface area contributed by atoms with E-state index in [0.717, 1.165) is 12.0 Å². The Morgan fingerprint density at radius 3 is 2.76 bits per heavy atom. The number of nitrogen functional groups attached to an aromatic ring is 1. The fraction of sp³-hybridized carbons (Fsp3) is 0.231. The smallest absolute Gasteiger partial charge is 0.128 e. The molecule has 0 radical (unpaired) electrons. The van der Waals surface area contributed by atoms with Crippen molar-refractivity contribution in [2.75, 3.05) is 12.8 Å². The molecule has 0 amide bonds. The van der Waals surface area contributed by atoms with Crippen LogP contribution in [-0.2, 0) is 6.42 Å². The molecule has 2 heterocycles. The number of likely N-dealkylation sites (N-methyl/N-ethyl adjacent to an activating group) is 1. The van der Waals surface area contributed by atoms with Gasteiger partial charge in [-0.25, -0.2) is 4.98 Å². The lowest BCUT2D eigenvalue weighted by Gasteiger charge is -2.17. The van der Waals surface area contributed by atoms with Crippen LogP contribution in [0.25, 0.3) is 0 Å².